The third-order valence-electron chi connectivity index (χ3n) is 5.19. The number of aliphatic imine (C=N–C) groups is 1. The molecule has 2 aromatic carbocycles. The molecule has 4 N–H and O–H groups in total. The minimum Gasteiger partial charge on any atom is -0.484 e. The van der Waals surface area contributed by atoms with Gasteiger partial charge in [0.05, 0.1) is 6.54 Å². The van der Waals surface area contributed by atoms with Crippen LogP contribution in [-0.2, 0) is 16.6 Å². The van der Waals surface area contributed by atoms with Crippen molar-refractivity contribution >= 4 is 35.8 Å². The summed E-state index contributed by atoms with van der Waals surface area (Å²) in [6.45, 7) is 3.92. The summed E-state index contributed by atoms with van der Waals surface area (Å²) in [4.78, 5) is 15.5. The molecule has 0 aliphatic heterocycles. The predicted octanol–water partition coefficient (Wildman–Crippen LogP) is 3.14. The Kier molecular flexibility index (Phi) is 9.54. The maximum Gasteiger partial charge on any atom is 0.255 e. The van der Waals surface area contributed by atoms with Crippen molar-refractivity contribution in [3.8, 4) is 5.75 Å². The van der Waals surface area contributed by atoms with E-state index in [0.29, 0.717) is 18.8 Å². The summed E-state index contributed by atoms with van der Waals surface area (Å²) in [5.74, 6) is 0.706. The Balaban J connectivity index is 0.00000341. The van der Waals surface area contributed by atoms with Crippen molar-refractivity contribution < 1.29 is 13.9 Å². The average Bonchev–Trinajstić information content (AvgIpc) is 3.52. The third kappa shape index (κ3) is 7.37. The molecule has 1 aliphatic rings. The van der Waals surface area contributed by atoms with E-state index in [4.69, 9.17) is 15.5 Å². The second-order valence-electron chi connectivity index (χ2n) is 7.53. The molecule has 0 radical (unpaired) electrons. The fourth-order valence-electron chi connectivity index (χ4n) is 3.36. The van der Waals surface area contributed by atoms with Crippen LogP contribution in [0.15, 0.2) is 53.5 Å². The van der Waals surface area contributed by atoms with Gasteiger partial charge in [0.2, 0.25) is 0 Å². The summed E-state index contributed by atoms with van der Waals surface area (Å²) in [6.07, 6.45) is 2.72. The largest absolute Gasteiger partial charge is 0.484 e. The van der Waals surface area contributed by atoms with Gasteiger partial charge in [-0.3, -0.25) is 9.79 Å². The average molecular weight is 540 g/mol. The number of halogens is 2. The number of rotatable bonds is 10. The minimum absolute atomic E-state index is 0. The molecule has 0 atom stereocenters. The number of benzene rings is 2. The zero-order valence-electron chi connectivity index (χ0n) is 17.7. The fraction of sp³-hybridized carbons (Fsp3) is 0.391. The number of amides is 1. The molecule has 0 bridgehead atoms. The highest BCUT2D eigenvalue weighted by Crippen LogP contribution is 2.49. The summed E-state index contributed by atoms with van der Waals surface area (Å²) in [5.41, 5.74) is 6.81. The van der Waals surface area contributed by atoms with Crippen LogP contribution in [0.1, 0.15) is 30.9 Å². The topological polar surface area (TPSA) is 88.7 Å². The SMILES string of the molecule is CCNC(=NCC1(c2ccccc2F)CC1)NCCc1ccc(OCC(N)=O)cc1.I. The van der Waals surface area contributed by atoms with Crippen LogP contribution in [0.3, 0.4) is 0 Å². The van der Waals surface area contributed by atoms with Gasteiger partial charge in [0.1, 0.15) is 11.6 Å². The monoisotopic (exact) mass is 540 g/mol. The lowest BCUT2D eigenvalue weighted by Crippen LogP contribution is -2.39. The van der Waals surface area contributed by atoms with Crippen molar-refractivity contribution in [1.82, 2.24) is 10.6 Å². The van der Waals surface area contributed by atoms with E-state index in [1.165, 1.54) is 6.07 Å². The molecular weight excluding hydrogens is 510 g/mol. The quantitative estimate of drug-likeness (QED) is 0.246. The standard InChI is InChI=1S/C23H29FN4O2.HI/c1-2-26-22(28-16-23(12-13-23)19-5-3-4-6-20(19)24)27-14-11-17-7-9-18(10-8-17)30-15-21(25)29;/h3-10H,2,11-16H2,1H3,(H2,25,29)(H2,26,27,28);1H. The van der Waals surface area contributed by atoms with E-state index in [9.17, 15) is 9.18 Å². The molecule has 0 spiro atoms. The minimum atomic E-state index is -0.499. The lowest BCUT2D eigenvalue weighted by atomic mass is 9.95. The van der Waals surface area contributed by atoms with Gasteiger partial charge in [-0.1, -0.05) is 30.3 Å². The third-order valence-corrected chi connectivity index (χ3v) is 5.19. The lowest BCUT2D eigenvalue weighted by molar-refractivity contribution is -0.119. The second kappa shape index (κ2) is 11.9. The van der Waals surface area contributed by atoms with Crippen molar-refractivity contribution in [3.63, 3.8) is 0 Å². The Morgan fingerprint density at radius 1 is 1.16 bits per heavy atom. The molecule has 0 saturated heterocycles. The number of hydrogen-bond acceptors (Lipinski definition) is 3. The van der Waals surface area contributed by atoms with E-state index in [1.54, 1.807) is 6.07 Å². The van der Waals surface area contributed by atoms with Crippen molar-refractivity contribution in [2.75, 3.05) is 26.2 Å². The van der Waals surface area contributed by atoms with Gasteiger partial charge in [0.25, 0.3) is 5.91 Å². The van der Waals surface area contributed by atoms with Crippen LogP contribution in [0.4, 0.5) is 4.39 Å². The molecule has 2 aromatic rings. The number of carbonyl (C=O) groups is 1. The van der Waals surface area contributed by atoms with Crippen LogP contribution >= 0.6 is 24.0 Å². The number of carbonyl (C=O) groups excluding carboxylic acids is 1. The van der Waals surface area contributed by atoms with Crippen LogP contribution in [-0.4, -0.2) is 38.1 Å². The number of primary amides is 1. The van der Waals surface area contributed by atoms with Crippen LogP contribution < -0.4 is 21.1 Å². The molecule has 1 aliphatic carbocycles. The van der Waals surface area contributed by atoms with Gasteiger partial charge < -0.3 is 21.1 Å². The molecule has 1 fully saturated rings. The molecule has 6 nitrogen and oxygen atoms in total. The Bertz CT molecular complexity index is 885. The molecule has 8 heteroatoms. The van der Waals surface area contributed by atoms with E-state index < -0.39 is 5.91 Å². The molecule has 168 valence electrons. The first-order valence-electron chi connectivity index (χ1n) is 10.3. The van der Waals surface area contributed by atoms with Gasteiger partial charge in [-0.05, 0) is 55.5 Å². The van der Waals surface area contributed by atoms with Crippen LogP contribution in [0.25, 0.3) is 0 Å². The highest BCUT2D eigenvalue weighted by molar-refractivity contribution is 14.0. The Labute approximate surface area is 199 Å². The molecule has 1 saturated carbocycles. The highest BCUT2D eigenvalue weighted by Gasteiger charge is 2.45. The Hall–Kier alpha value is -2.36. The smallest absolute Gasteiger partial charge is 0.255 e. The summed E-state index contributed by atoms with van der Waals surface area (Å²) >= 11 is 0. The molecule has 31 heavy (non-hydrogen) atoms. The van der Waals surface area contributed by atoms with Gasteiger partial charge in [-0.15, -0.1) is 24.0 Å². The van der Waals surface area contributed by atoms with E-state index in [0.717, 1.165) is 42.9 Å². The maximum absolute atomic E-state index is 14.2. The van der Waals surface area contributed by atoms with Crippen LogP contribution in [0.5, 0.6) is 5.75 Å². The lowest BCUT2D eigenvalue weighted by Gasteiger charge is -2.16. The maximum atomic E-state index is 14.2. The summed E-state index contributed by atoms with van der Waals surface area (Å²) < 4.78 is 19.5. The van der Waals surface area contributed by atoms with Crippen molar-refractivity contribution in [1.29, 1.82) is 0 Å². The molecule has 0 aromatic heterocycles. The molecule has 0 unspecified atom stereocenters. The Morgan fingerprint density at radius 3 is 2.48 bits per heavy atom. The van der Waals surface area contributed by atoms with Gasteiger partial charge in [-0.25, -0.2) is 4.39 Å². The first-order chi connectivity index (χ1) is 14.5. The first kappa shape index (κ1) is 24.9. The summed E-state index contributed by atoms with van der Waals surface area (Å²) in [5, 5.41) is 6.60. The van der Waals surface area contributed by atoms with E-state index in [2.05, 4.69) is 10.6 Å². The van der Waals surface area contributed by atoms with Gasteiger partial charge in [-0.2, -0.15) is 0 Å². The Morgan fingerprint density at radius 2 is 1.87 bits per heavy atom. The fourth-order valence-corrected chi connectivity index (χ4v) is 3.36. The zero-order valence-corrected chi connectivity index (χ0v) is 20.0. The summed E-state index contributed by atoms with van der Waals surface area (Å²) in [6, 6.07) is 14.6. The van der Waals surface area contributed by atoms with Crippen molar-refractivity contribution in [2.45, 2.75) is 31.6 Å². The van der Waals surface area contributed by atoms with Crippen LogP contribution in [0.2, 0.25) is 0 Å². The number of nitrogens with two attached hydrogens (primary N) is 1. The number of ether oxygens (including phenoxy) is 1. The van der Waals surface area contributed by atoms with Gasteiger partial charge >= 0.3 is 0 Å². The normalized spacial score (nSPS) is 14.3. The number of hydrogen-bond donors (Lipinski definition) is 3. The first-order valence-corrected chi connectivity index (χ1v) is 10.3. The molecular formula is C23H30FIN4O2. The van der Waals surface area contributed by atoms with Crippen molar-refractivity contribution in [3.05, 3.63) is 65.5 Å². The number of nitrogens with one attached hydrogen (secondary N) is 2. The van der Waals surface area contributed by atoms with Crippen LogP contribution in [0, 0.1) is 5.82 Å². The molecule has 3 rings (SSSR count). The van der Waals surface area contributed by atoms with E-state index in [1.807, 2.05) is 43.3 Å². The molecule has 0 heterocycles. The van der Waals surface area contributed by atoms with E-state index >= 15 is 0 Å². The highest BCUT2D eigenvalue weighted by atomic mass is 127. The summed E-state index contributed by atoms with van der Waals surface area (Å²) in [7, 11) is 0. The predicted molar refractivity (Wildman–Crippen MR) is 132 cm³/mol. The van der Waals surface area contributed by atoms with Crippen molar-refractivity contribution in [2.24, 2.45) is 10.7 Å². The number of nitrogens with zero attached hydrogens (tertiary/aromatic N) is 1. The van der Waals surface area contributed by atoms with Gasteiger partial charge in [0, 0.05) is 18.5 Å². The van der Waals surface area contributed by atoms with E-state index in [-0.39, 0.29) is 41.8 Å². The molecule has 1 amide bonds. The van der Waals surface area contributed by atoms with Gasteiger partial charge in [0.15, 0.2) is 12.6 Å². The second-order valence-corrected chi connectivity index (χ2v) is 7.53. The zero-order chi connectivity index (χ0) is 21.4. The number of guanidine groups is 1.